The minimum Gasteiger partial charge on any atom is -0.493 e. The Kier molecular flexibility index (Phi) is 3.67. The van der Waals surface area contributed by atoms with E-state index >= 15 is 0 Å². The third kappa shape index (κ3) is 2.28. The molecule has 0 radical (unpaired) electrons. The lowest BCUT2D eigenvalue weighted by Crippen LogP contribution is -2.14. The van der Waals surface area contributed by atoms with Crippen LogP contribution in [0.1, 0.15) is 10.4 Å². The fourth-order valence-corrected chi connectivity index (χ4v) is 3.36. The molecule has 0 fully saturated rings. The number of ether oxygens (including phenoxy) is 1. The van der Waals surface area contributed by atoms with Crippen molar-refractivity contribution in [3.63, 3.8) is 0 Å². The summed E-state index contributed by atoms with van der Waals surface area (Å²) < 4.78 is 6.86. The van der Waals surface area contributed by atoms with E-state index in [1.165, 1.54) is 23.0 Å². The van der Waals surface area contributed by atoms with E-state index in [1.54, 1.807) is 13.1 Å². The second-order valence-electron chi connectivity index (χ2n) is 4.64. The summed E-state index contributed by atoms with van der Waals surface area (Å²) >= 11 is 6.42. The number of nitrogens with zero attached hydrogens (tertiary/aromatic N) is 2. The zero-order valence-corrected chi connectivity index (χ0v) is 13.5. The van der Waals surface area contributed by atoms with Crippen LogP contribution in [0.3, 0.4) is 0 Å². The number of aromatic hydroxyl groups is 1. The molecule has 5 nitrogen and oxygen atoms in total. The number of thiazole rings is 1. The van der Waals surface area contributed by atoms with Crippen LogP contribution in [0.4, 0.5) is 5.69 Å². The van der Waals surface area contributed by atoms with Gasteiger partial charge in [0.2, 0.25) is 5.88 Å². The summed E-state index contributed by atoms with van der Waals surface area (Å²) in [5, 5.41) is 10.1. The van der Waals surface area contributed by atoms with E-state index in [9.17, 15) is 9.90 Å². The van der Waals surface area contributed by atoms with Crippen LogP contribution in [0, 0.1) is 3.95 Å². The monoisotopic (exact) mass is 332 g/mol. The minimum absolute atomic E-state index is 0.0658. The zero-order chi connectivity index (χ0) is 15.9. The first kappa shape index (κ1) is 14.7. The molecule has 1 aromatic heterocycles. The molecule has 0 aliphatic carbocycles. The molecule has 0 atom stereocenters. The third-order valence-electron chi connectivity index (χ3n) is 3.34. The number of rotatable bonds is 2. The number of hydrogen-bond acceptors (Lipinski definition) is 6. The number of carbonyl (C=O) groups excluding carboxylic acids is 1. The van der Waals surface area contributed by atoms with Crippen molar-refractivity contribution >= 4 is 52.6 Å². The molecule has 1 N–H and O–H groups in total. The normalized spacial score (nSPS) is 14.8. The largest absolute Gasteiger partial charge is 0.493 e. The molecule has 7 heteroatoms. The van der Waals surface area contributed by atoms with Crippen molar-refractivity contribution in [3.05, 3.63) is 38.7 Å². The summed E-state index contributed by atoms with van der Waals surface area (Å²) in [5.74, 6) is -0.447. The predicted molar refractivity (Wildman–Crippen MR) is 89.2 cm³/mol. The van der Waals surface area contributed by atoms with Crippen LogP contribution in [0.15, 0.2) is 29.3 Å². The molecule has 1 aromatic carbocycles. The van der Waals surface area contributed by atoms with E-state index < -0.39 is 5.97 Å². The van der Waals surface area contributed by atoms with Gasteiger partial charge in [0.05, 0.1) is 17.7 Å². The molecular weight excluding hydrogens is 320 g/mol. The Labute approximate surface area is 135 Å². The highest BCUT2D eigenvalue weighted by atomic mass is 32.1. The molecule has 2 aromatic rings. The molecule has 22 heavy (non-hydrogen) atoms. The molecule has 2 heterocycles. The van der Waals surface area contributed by atoms with Crippen LogP contribution in [-0.4, -0.2) is 28.5 Å². The lowest BCUT2D eigenvalue weighted by Gasteiger charge is -2.03. The Morgan fingerprint density at radius 1 is 1.45 bits per heavy atom. The van der Waals surface area contributed by atoms with Gasteiger partial charge in [0.15, 0.2) is 9.67 Å². The molecule has 0 bridgehead atoms. The topological polar surface area (TPSA) is 63.8 Å². The number of hydrogen-bond donors (Lipinski definition) is 1. The van der Waals surface area contributed by atoms with Crippen LogP contribution in [0.25, 0.3) is 11.6 Å². The molecule has 1 aliphatic rings. The van der Waals surface area contributed by atoms with Gasteiger partial charge in [-0.2, -0.15) is 0 Å². The fourth-order valence-electron chi connectivity index (χ4n) is 2.19. The quantitative estimate of drug-likeness (QED) is 0.677. The van der Waals surface area contributed by atoms with E-state index in [1.807, 2.05) is 24.3 Å². The highest BCUT2D eigenvalue weighted by Gasteiger charge is 2.27. The maximum Gasteiger partial charge on any atom is 0.357 e. The average Bonchev–Trinajstić information content (AvgIpc) is 3.01. The summed E-state index contributed by atoms with van der Waals surface area (Å²) in [6.45, 7) is 0. The first-order chi connectivity index (χ1) is 10.5. The standard InChI is InChI=1S/C15H12N2O3S2/c1-17-13(18)11(22-15(17)21)7-9-8-5-3-4-6-10(8)16-12(9)14(19)20-2/h3-7,18H,1-2H3/b9-7+. The summed E-state index contributed by atoms with van der Waals surface area (Å²) in [6, 6.07) is 7.42. The maximum atomic E-state index is 12.0. The Morgan fingerprint density at radius 2 is 2.18 bits per heavy atom. The molecule has 112 valence electrons. The van der Waals surface area contributed by atoms with Crippen molar-refractivity contribution in [3.8, 4) is 5.88 Å². The van der Waals surface area contributed by atoms with Crippen LogP contribution >= 0.6 is 23.6 Å². The highest BCUT2D eigenvalue weighted by Crippen LogP contribution is 2.38. The molecule has 0 spiro atoms. The lowest BCUT2D eigenvalue weighted by atomic mass is 10.0. The van der Waals surface area contributed by atoms with Gasteiger partial charge < -0.3 is 9.84 Å². The summed E-state index contributed by atoms with van der Waals surface area (Å²) in [4.78, 5) is 16.9. The van der Waals surface area contributed by atoms with Gasteiger partial charge in [0.1, 0.15) is 0 Å². The van der Waals surface area contributed by atoms with Crippen molar-refractivity contribution in [2.45, 2.75) is 0 Å². The zero-order valence-electron chi connectivity index (χ0n) is 11.9. The van der Waals surface area contributed by atoms with Crippen molar-refractivity contribution in [1.82, 2.24) is 4.57 Å². The number of methoxy groups -OCH3 is 1. The molecule has 0 saturated heterocycles. The van der Waals surface area contributed by atoms with E-state index in [4.69, 9.17) is 17.0 Å². The second kappa shape index (κ2) is 5.51. The third-order valence-corrected chi connectivity index (χ3v) is 4.84. The van der Waals surface area contributed by atoms with E-state index in [-0.39, 0.29) is 11.6 Å². The molecular formula is C15H12N2O3S2. The van der Waals surface area contributed by atoms with Gasteiger partial charge in [-0.15, -0.1) is 11.3 Å². The number of aliphatic imine (C=N–C) groups is 1. The van der Waals surface area contributed by atoms with Crippen molar-refractivity contribution < 1.29 is 14.6 Å². The smallest absolute Gasteiger partial charge is 0.357 e. The summed E-state index contributed by atoms with van der Waals surface area (Å²) in [5.41, 5.74) is 2.37. The molecule has 1 aliphatic heterocycles. The van der Waals surface area contributed by atoms with Gasteiger partial charge in [-0.1, -0.05) is 18.2 Å². The van der Waals surface area contributed by atoms with Gasteiger partial charge in [-0.05, 0) is 24.4 Å². The van der Waals surface area contributed by atoms with Crippen molar-refractivity contribution in [1.29, 1.82) is 0 Å². The van der Waals surface area contributed by atoms with E-state index in [0.29, 0.717) is 20.1 Å². The fraction of sp³-hybridized carbons (Fsp3) is 0.133. The van der Waals surface area contributed by atoms with Crippen LogP contribution in [-0.2, 0) is 16.6 Å². The van der Waals surface area contributed by atoms with Crippen molar-refractivity contribution in [2.24, 2.45) is 12.0 Å². The predicted octanol–water partition coefficient (Wildman–Crippen LogP) is 3.32. The molecule has 0 unspecified atom stereocenters. The minimum atomic E-state index is -0.513. The summed E-state index contributed by atoms with van der Waals surface area (Å²) in [7, 11) is 3.00. The molecule has 3 rings (SSSR count). The van der Waals surface area contributed by atoms with E-state index in [0.717, 1.165) is 5.56 Å². The van der Waals surface area contributed by atoms with Gasteiger partial charge >= 0.3 is 5.97 Å². The summed E-state index contributed by atoms with van der Waals surface area (Å²) in [6.07, 6.45) is 1.72. The Hall–Kier alpha value is -2.25. The van der Waals surface area contributed by atoms with Crippen LogP contribution in [0.5, 0.6) is 5.88 Å². The average molecular weight is 332 g/mol. The van der Waals surface area contributed by atoms with Gasteiger partial charge in [0.25, 0.3) is 0 Å². The first-order valence-electron chi connectivity index (χ1n) is 6.40. The SMILES string of the molecule is COC(=O)C1=Nc2ccccc2/C1=C\c1sc(=S)n(C)c1O. The Morgan fingerprint density at radius 3 is 2.82 bits per heavy atom. The first-order valence-corrected chi connectivity index (χ1v) is 7.62. The van der Waals surface area contributed by atoms with Gasteiger partial charge in [-0.3, -0.25) is 4.57 Å². The highest BCUT2D eigenvalue weighted by molar-refractivity contribution is 7.73. The number of benzene rings is 1. The van der Waals surface area contributed by atoms with Crippen LogP contribution < -0.4 is 0 Å². The lowest BCUT2D eigenvalue weighted by molar-refractivity contribution is -0.132. The Balaban J connectivity index is 2.20. The number of aromatic nitrogens is 1. The number of fused-ring (bicyclic) bond motifs is 1. The van der Waals surface area contributed by atoms with E-state index in [2.05, 4.69) is 4.99 Å². The van der Waals surface area contributed by atoms with Gasteiger partial charge in [-0.25, -0.2) is 9.79 Å². The number of carbonyl (C=O) groups is 1. The van der Waals surface area contributed by atoms with Gasteiger partial charge in [0, 0.05) is 18.2 Å². The number of esters is 1. The van der Waals surface area contributed by atoms with Crippen LogP contribution in [0.2, 0.25) is 0 Å². The number of para-hydroxylation sites is 1. The second-order valence-corrected chi connectivity index (χ2v) is 6.32. The molecule has 0 saturated carbocycles. The Bertz CT molecular complexity index is 890. The van der Waals surface area contributed by atoms with Crippen molar-refractivity contribution in [2.75, 3.05) is 7.11 Å². The molecule has 0 amide bonds. The maximum absolute atomic E-state index is 12.0.